The van der Waals surface area contributed by atoms with E-state index in [0.29, 0.717) is 12.0 Å². The van der Waals surface area contributed by atoms with Crippen molar-refractivity contribution in [3.05, 3.63) is 12.3 Å². The van der Waals surface area contributed by atoms with Crippen molar-refractivity contribution < 1.29 is 0 Å². The van der Waals surface area contributed by atoms with Gasteiger partial charge in [0.2, 0.25) is 5.95 Å². The molecule has 0 saturated heterocycles. The molecule has 4 nitrogen and oxygen atoms in total. The number of nitrogens with one attached hydrogen (secondary N) is 2. The molecule has 1 aliphatic rings. The van der Waals surface area contributed by atoms with E-state index in [-0.39, 0.29) is 0 Å². The van der Waals surface area contributed by atoms with Crippen LogP contribution in [0.25, 0.3) is 0 Å². The fourth-order valence-corrected chi connectivity index (χ4v) is 2.63. The van der Waals surface area contributed by atoms with E-state index in [1.54, 1.807) is 0 Å². The van der Waals surface area contributed by atoms with Gasteiger partial charge in [0.25, 0.3) is 0 Å². The summed E-state index contributed by atoms with van der Waals surface area (Å²) < 4.78 is 0. The average Bonchev–Trinajstić information content (AvgIpc) is 2.67. The molecule has 0 aliphatic heterocycles. The molecule has 4 heteroatoms. The lowest BCUT2D eigenvalue weighted by Crippen LogP contribution is -2.19. The van der Waals surface area contributed by atoms with E-state index >= 15 is 0 Å². The summed E-state index contributed by atoms with van der Waals surface area (Å²) in [6, 6.07) is 2.55. The van der Waals surface area contributed by atoms with Gasteiger partial charge in [-0.1, -0.05) is 39.5 Å². The first-order chi connectivity index (χ1) is 9.74. The summed E-state index contributed by atoms with van der Waals surface area (Å²) in [5.74, 6) is 2.40. The van der Waals surface area contributed by atoms with Crippen LogP contribution in [0.5, 0.6) is 0 Å². The minimum Gasteiger partial charge on any atom is -0.367 e. The van der Waals surface area contributed by atoms with Crippen molar-refractivity contribution in [3.63, 3.8) is 0 Å². The number of aromatic nitrogens is 2. The van der Waals surface area contributed by atoms with Gasteiger partial charge < -0.3 is 10.6 Å². The van der Waals surface area contributed by atoms with E-state index in [1.807, 2.05) is 12.3 Å². The molecule has 0 radical (unpaired) electrons. The zero-order chi connectivity index (χ0) is 14.2. The summed E-state index contributed by atoms with van der Waals surface area (Å²) >= 11 is 0. The third-order valence-corrected chi connectivity index (χ3v) is 3.87. The fraction of sp³-hybridized carbons (Fsp3) is 0.750. The molecule has 2 rings (SSSR count). The van der Waals surface area contributed by atoms with Gasteiger partial charge in [-0.15, -0.1) is 0 Å². The van der Waals surface area contributed by atoms with Gasteiger partial charge in [0, 0.05) is 18.8 Å². The second-order valence-electron chi connectivity index (χ2n) is 6.21. The van der Waals surface area contributed by atoms with Crippen molar-refractivity contribution in [2.24, 2.45) is 5.92 Å². The zero-order valence-corrected chi connectivity index (χ0v) is 12.9. The first-order valence-electron chi connectivity index (χ1n) is 8.07. The Bertz CT molecular complexity index is 384. The first kappa shape index (κ1) is 15.1. The van der Waals surface area contributed by atoms with E-state index in [0.717, 1.165) is 24.7 Å². The van der Waals surface area contributed by atoms with Crippen LogP contribution < -0.4 is 10.6 Å². The Morgan fingerprint density at radius 3 is 2.65 bits per heavy atom. The first-order valence-corrected chi connectivity index (χ1v) is 8.07. The van der Waals surface area contributed by atoms with Crippen LogP contribution in [-0.4, -0.2) is 22.6 Å². The Morgan fingerprint density at radius 1 is 1.20 bits per heavy atom. The predicted molar refractivity (Wildman–Crippen MR) is 85.1 cm³/mol. The average molecular weight is 276 g/mol. The summed E-state index contributed by atoms with van der Waals surface area (Å²) in [5, 5.41) is 6.87. The largest absolute Gasteiger partial charge is 0.367 e. The standard InChI is InChI=1S/C16H28N4/c1-13(2)9-11-17-16-18-12-10-15(20-16)19-14-7-5-3-4-6-8-14/h10,12-14H,3-9,11H2,1-2H3,(H2,17,18,19,20). The zero-order valence-electron chi connectivity index (χ0n) is 12.9. The summed E-state index contributed by atoms with van der Waals surface area (Å²) in [4.78, 5) is 8.85. The van der Waals surface area contributed by atoms with Crippen LogP contribution >= 0.6 is 0 Å². The Kier molecular flexibility index (Phi) is 6.09. The predicted octanol–water partition coefficient (Wildman–Crippen LogP) is 4.07. The van der Waals surface area contributed by atoms with Crippen LogP contribution in [0.1, 0.15) is 58.8 Å². The van der Waals surface area contributed by atoms with Gasteiger partial charge in [-0.3, -0.25) is 0 Å². The van der Waals surface area contributed by atoms with E-state index in [9.17, 15) is 0 Å². The lowest BCUT2D eigenvalue weighted by Gasteiger charge is -2.17. The van der Waals surface area contributed by atoms with Crippen LogP contribution in [0.15, 0.2) is 12.3 Å². The van der Waals surface area contributed by atoms with Gasteiger partial charge in [-0.25, -0.2) is 4.98 Å². The minimum atomic E-state index is 0.580. The van der Waals surface area contributed by atoms with Crippen molar-refractivity contribution in [1.82, 2.24) is 9.97 Å². The number of hydrogen-bond acceptors (Lipinski definition) is 4. The highest BCUT2D eigenvalue weighted by atomic mass is 15.1. The van der Waals surface area contributed by atoms with Crippen LogP contribution in [0.2, 0.25) is 0 Å². The van der Waals surface area contributed by atoms with E-state index in [4.69, 9.17) is 0 Å². The van der Waals surface area contributed by atoms with E-state index < -0.39 is 0 Å². The van der Waals surface area contributed by atoms with E-state index in [2.05, 4.69) is 34.4 Å². The topological polar surface area (TPSA) is 49.8 Å². The molecule has 2 N–H and O–H groups in total. The monoisotopic (exact) mass is 276 g/mol. The maximum atomic E-state index is 4.56. The van der Waals surface area contributed by atoms with Gasteiger partial charge in [0.05, 0.1) is 0 Å². The van der Waals surface area contributed by atoms with E-state index in [1.165, 1.54) is 38.5 Å². The molecule has 1 heterocycles. The summed E-state index contributed by atoms with van der Waals surface area (Å²) in [6.07, 6.45) is 10.9. The molecular weight excluding hydrogens is 248 g/mol. The van der Waals surface area contributed by atoms with Crippen molar-refractivity contribution in [1.29, 1.82) is 0 Å². The third kappa shape index (κ3) is 5.35. The maximum Gasteiger partial charge on any atom is 0.224 e. The second-order valence-corrected chi connectivity index (χ2v) is 6.21. The van der Waals surface area contributed by atoms with Gasteiger partial charge in [0.15, 0.2) is 0 Å². The van der Waals surface area contributed by atoms with Crippen LogP contribution in [0.3, 0.4) is 0 Å². The summed E-state index contributed by atoms with van der Waals surface area (Å²) in [7, 11) is 0. The van der Waals surface area contributed by atoms with Crippen molar-refractivity contribution in [2.75, 3.05) is 17.2 Å². The van der Waals surface area contributed by atoms with Crippen LogP contribution in [0, 0.1) is 5.92 Å². The number of anilines is 2. The molecule has 0 spiro atoms. The Balaban J connectivity index is 1.84. The molecule has 0 atom stereocenters. The number of nitrogens with zero attached hydrogens (tertiary/aromatic N) is 2. The van der Waals surface area contributed by atoms with Crippen LogP contribution in [0.4, 0.5) is 11.8 Å². The highest BCUT2D eigenvalue weighted by Gasteiger charge is 2.12. The highest BCUT2D eigenvalue weighted by molar-refractivity contribution is 5.40. The minimum absolute atomic E-state index is 0.580. The molecule has 0 amide bonds. The van der Waals surface area contributed by atoms with Gasteiger partial charge >= 0.3 is 0 Å². The van der Waals surface area contributed by atoms with Crippen molar-refractivity contribution >= 4 is 11.8 Å². The Labute approximate surface area is 122 Å². The number of hydrogen-bond donors (Lipinski definition) is 2. The Morgan fingerprint density at radius 2 is 1.95 bits per heavy atom. The summed E-state index contributed by atoms with van der Waals surface area (Å²) in [6.45, 7) is 5.39. The smallest absolute Gasteiger partial charge is 0.224 e. The molecular formula is C16H28N4. The third-order valence-electron chi connectivity index (χ3n) is 3.87. The van der Waals surface area contributed by atoms with Crippen molar-refractivity contribution in [3.8, 4) is 0 Å². The quantitative estimate of drug-likeness (QED) is 0.769. The normalized spacial score (nSPS) is 16.9. The molecule has 0 aromatic carbocycles. The molecule has 1 saturated carbocycles. The lowest BCUT2D eigenvalue weighted by atomic mass is 10.1. The van der Waals surface area contributed by atoms with Gasteiger partial charge in [-0.2, -0.15) is 4.98 Å². The molecule has 1 aromatic heterocycles. The highest BCUT2D eigenvalue weighted by Crippen LogP contribution is 2.20. The Hall–Kier alpha value is -1.32. The maximum absolute atomic E-state index is 4.56. The SMILES string of the molecule is CC(C)CCNc1nccc(NC2CCCCCC2)n1. The lowest BCUT2D eigenvalue weighted by molar-refractivity contribution is 0.605. The fourth-order valence-electron chi connectivity index (χ4n) is 2.63. The second kappa shape index (κ2) is 8.08. The molecule has 1 fully saturated rings. The molecule has 1 aromatic rings. The van der Waals surface area contributed by atoms with Gasteiger partial charge in [0.1, 0.15) is 5.82 Å². The molecule has 1 aliphatic carbocycles. The van der Waals surface area contributed by atoms with Gasteiger partial charge in [-0.05, 0) is 31.2 Å². The molecule has 0 unspecified atom stereocenters. The molecule has 0 bridgehead atoms. The number of rotatable bonds is 6. The molecule has 112 valence electrons. The molecule has 20 heavy (non-hydrogen) atoms. The van der Waals surface area contributed by atoms with Crippen molar-refractivity contribution in [2.45, 2.75) is 64.8 Å². The van der Waals surface area contributed by atoms with Crippen LogP contribution in [-0.2, 0) is 0 Å². The summed E-state index contributed by atoms with van der Waals surface area (Å²) in [5.41, 5.74) is 0.